The molecule has 1 aromatic carbocycles. The maximum Gasteiger partial charge on any atom is 0.416 e. The monoisotopic (exact) mass is 354 g/mol. The van der Waals surface area contributed by atoms with E-state index >= 15 is 0 Å². The van der Waals surface area contributed by atoms with Crippen molar-refractivity contribution in [2.45, 2.75) is 12.7 Å². The van der Waals surface area contributed by atoms with Gasteiger partial charge in [-0.1, -0.05) is 0 Å². The van der Waals surface area contributed by atoms with Crippen LogP contribution in [0.25, 0.3) is 0 Å². The van der Waals surface area contributed by atoms with Gasteiger partial charge in [0.1, 0.15) is 6.54 Å². The number of rotatable bonds is 4. The second-order valence-electron chi connectivity index (χ2n) is 4.98. The van der Waals surface area contributed by atoms with Gasteiger partial charge in [-0.05, 0) is 30.3 Å². The van der Waals surface area contributed by atoms with Crippen LogP contribution in [0.4, 0.5) is 18.9 Å². The minimum absolute atomic E-state index is 0.0735. The average molecular weight is 354 g/mol. The van der Waals surface area contributed by atoms with Gasteiger partial charge in [-0.25, -0.2) is 5.84 Å². The molecule has 1 heterocycles. The molecule has 10 heteroatoms. The van der Waals surface area contributed by atoms with Crippen molar-refractivity contribution in [2.24, 2.45) is 5.84 Å². The number of hydrogen-bond donors (Lipinski definition) is 3. The van der Waals surface area contributed by atoms with E-state index in [0.717, 1.165) is 41.1 Å². The van der Waals surface area contributed by atoms with E-state index in [1.807, 2.05) is 5.43 Å². The Labute approximate surface area is 139 Å². The number of nitrogens with zero attached hydrogens (tertiary/aromatic N) is 1. The molecule has 0 saturated heterocycles. The summed E-state index contributed by atoms with van der Waals surface area (Å²) in [6.45, 7) is -0.425. The van der Waals surface area contributed by atoms with Crippen molar-refractivity contribution in [3.63, 3.8) is 0 Å². The van der Waals surface area contributed by atoms with Crippen LogP contribution in [0.5, 0.6) is 0 Å². The molecular weight excluding hydrogens is 341 g/mol. The van der Waals surface area contributed by atoms with E-state index in [-0.39, 0.29) is 11.3 Å². The summed E-state index contributed by atoms with van der Waals surface area (Å²) in [5.74, 6) is 3.70. The predicted molar refractivity (Wildman–Crippen MR) is 82.4 cm³/mol. The van der Waals surface area contributed by atoms with Crippen LogP contribution in [-0.2, 0) is 17.5 Å². The average Bonchev–Trinajstić information content (AvgIpc) is 2.55. The Hall–Kier alpha value is -3.14. The Kier molecular flexibility index (Phi) is 5.22. The lowest BCUT2D eigenvalue weighted by Crippen LogP contribution is -2.32. The molecule has 132 valence electrons. The largest absolute Gasteiger partial charge is 0.416 e. The van der Waals surface area contributed by atoms with Gasteiger partial charge >= 0.3 is 6.18 Å². The number of amides is 2. The Morgan fingerprint density at radius 2 is 1.72 bits per heavy atom. The molecule has 0 spiro atoms. The van der Waals surface area contributed by atoms with Gasteiger partial charge in [0.05, 0.1) is 11.1 Å². The maximum absolute atomic E-state index is 12.5. The molecule has 25 heavy (non-hydrogen) atoms. The van der Waals surface area contributed by atoms with Crippen molar-refractivity contribution in [2.75, 3.05) is 5.32 Å². The fourth-order valence-corrected chi connectivity index (χ4v) is 1.97. The van der Waals surface area contributed by atoms with Gasteiger partial charge in [0.25, 0.3) is 11.5 Å². The van der Waals surface area contributed by atoms with Crippen molar-refractivity contribution in [1.82, 2.24) is 9.99 Å². The van der Waals surface area contributed by atoms with Crippen molar-refractivity contribution in [3.8, 4) is 0 Å². The smallest absolute Gasteiger partial charge is 0.325 e. The lowest BCUT2D eigenvalue weighted by Gasteiger charge is -2.10. The zero-order valence-corrected chi connectivity index (χ0v) is 12.6. The number of benzene rings is 1. The van der Waals surface area contributed by atoms with Crippen LogP contribution < -0.4 is 22.1 Å². The molecule has 2 amide bonds. The first kappa shape index (κ1) is 18.2. The van der Waals surface area contributed by atoms with Crippen LogP contribution in [0.2, 0.25) is 0 Å². The Bertz CT molecular complexity index is 844. The van der Waals surface area contributed by atoms with Gasteiger partial charge in [0, 0.05) is 18.0 Å². The first-order valence-electron chi connectivity index (χ1n) is 6.89. The third kappa shape index (κ3) is 4.67. The molecule has 4 N–H and O–H groups in total. The first-order valence-corrected chi connectivity index (χ1v) is 6.89. The van der Waals surface area contributed by atoms with E-state index in [1.165, 1.54) is 6.07 Å². The van der Waals surface area contributed by atoms with Crippen LogP contribution in [0.15, 0.2) is 47.4 Å². The Morgan fingerprint density at radius 1 is 1.08 bits per heavy atom. The summed E-state index contributed by atoms with van der Waals surface area (Å²) in [6, 6.07) is 6.19. The number of nitrogens with one attached hydrogen (secondary N) is 2. The van der Waals surface area contributed by atoms with Gasteiger partial charge in [0.2, 0.25) is 5.91 Å². The van der Waals surface area contributed by atoms with Gasteiger partial charge in [-0.2, -0.15) is 13.2 Å². The molecule has 0 bridgehead atoms. The summed E-state index contributed by atoms with van der Waals surface area (Å²) in [4.78, 5) is 35.1. The number of aromatic nitrogens is 1. The number of nitrogen functional groups attached to an aromatic ring is 1. The van der Waals surface area contributed by atoms with Crippen LogP contribution >= 0.6 is 0 Å². The number of hydrazine groups is 1. The van der Waals surface area contributed by atoms with E-state index in [9.17, 15) is 27.6 Å². The highest BCUT2D eigenvalue weighted by atomic mass is 19.4. The topological polar surface area (TPSA) is 106 Å². The van der Waals surface area contributed by atoms with E-state index in [0.29, 0.717) is 0 Å². The van der Waals surface area contributed by atoms with E-state index in [2.05, 4.69) is 5.32 Å². The fourth-order valence-electron chi connectivity index (χ4n) is 1.97. The van der Waals surface area contributed by atoms with Gasteiger partial charge in [-0.15, -0.1) is 0 Å². The van der Waals surface area contributed by atoms with E-state index in [1.54, 1.807) is 0 Å². The zero-order chi connectivity index (χ0) is 18.6. The summed E-state index contributed by atoms with van der Waals surface area (Å²) < 4.78 is 38.4. The summed E-state index contributed by atoms with van der Waals surface area (Å²) in [5.41, 5.74) is 0.729. The lowest BCUT2D eigenvalue weighted by atomic mass is 10.2. The molecule has 0 radical (unpaired) electrons. The second kappa shape index (κ2) is 7.18. The van der Waals surface area contributed by atoms with Crippen LogP contribution in [-0.4, -0.2) is 16.4 Å². The SMILES string of the molecule is NNC(=O)c1ccc(=O)n(CC(=O)Nc2ccc(C(F)(F)F)cc2)c1. The van der Waals surface area contributed by atoms with Crippen LogP contribution in [0, 0.1) is 0 Å². The molecule has 0 unspecified atom stereocenters. The minimum Gasteiger partial charge on any atom is -0.325 e. The van der Waals surface area contributed by atoms with Crippen molar-refractivity contribution in [3.05, 3.63) is 64.1 Å². The second-order valence-corrected chi connectivity index (χ2v) is 4.98. The molecule has 0 fully saturated rings. The zero-order valence-electron chi connectivity index (χ0n) is 12.6. The standard InChI is InChI=1S/C15H13F3N4O3/c16-15(17,18)10-2-4-11(5-3-10)20-12(23)8-22-7-9(14(25)21-19)1-6-13(22)24/h1-7H,8,19H2,(H,20,23)(H,21,25). The molecule has 2 aromatic rings. The lowest BCUT2D eigenvalue weighted by molar-refractivity contribution is -0.137. The van der Waals surface area contributed by atoms with Crippen molar-refractivity contribution < 1.29 is 22.8 Å². The molecule has 0 aliphatic rings. The van der Waals surface area contributed by atoms with E-state index < -0.39 is 35.7 Å². The molecule has 0 aliphatic heterocycles. The minimum atomic E-state index is -4.47. The van der Waals surface area contributed by atoms with Gasteiger partial charge in [0.15, 0.2) is 0 Å². The number of pyridine rings is 1. The Morgan fingerprint density at radius 3 is 2.28 bits per heavy atom. The number of alkyl halides is 3. The van der Waals surface area contributed by atoms with Gasteiger partial charge < -0.3 is 9.88 Å². The number of carbonyl (C=O) groups excluding carboxylic acids is 2. The molecule has 7 nitrogen and oxygen atoms in total. The predicted octanol–water partition coefficient (Wildman–Crippen LogP) is 1.11. The molecular formula is C15H13F3N4O3. The highest BCUT2D eigenvalue weighted by Gasteiger charge is 2.29. The third-order valence-electron chi connectivity index (χ3n) is 3.19. The first-order chi connectivity index (χ1) is 11.7. The van der Waals surface area contributed by atoms with Crippen molar-refractivity contribution >= 4 is 17.5 Å². The molecule has 0 atom stereocenters. The third-order valence-corrected chi connectivity index (χ3v) is 3.19. The number of anilines is 1. The Balaban J connectivity index is 2.10. The quantitative estimate of drug-likeness (QED) is 0.434. The van der Waals surface area contributed by atoms with E-state index in [4.69, 9.17) is 5.84 Å². The summed E-state index contributed by atoms with van der Waals surface area (Å²) in [7, 11) is 0. The summed E-state index contributed by atoms with van der Waals surface area (Å²) in [5, 5.41) is 2.37. The number of carbonyl (C=O) groups is 2. The summed E-state index contributed by atoms with van der Waals surface area (Å²) >= 11 is 0. The van der Waals surface area contributed by atoms with Crippen LogP contribution in [0.1, 0.15) is 15.9 Å². The molecule has 2 rings (SSSR count). The number of halogens is 3. The normalized spacial score (nSPS) is 11.0. The van der Waals surface area contributed by atoms with Crippen molar-refractivity contribution in [1.29, 1.82) is 0 Å². The molecule has 0 saturated carbocycles. The molecule has 0 aliphatic carbocycles. The highest BCUT2D eigenvalue weighted by Crippen LogP contribution is 2.29. The summed E-state index contributed by atoms with van der Waals surface area (Å²) in [6.07, 6.45) is -3.32. The number of hydrogen-bond acceptors (Lipinski definition) is 4. The maximum atomic E-state index is 12.5. The fraction of sp³-hybridized carbons (Fsp3) is 0.133. The highest BCUT2D eigenvalue weighted by molar-refractivity contribution is 5.93. The number of nitrogens with two attached hydrogens (primary N) is 1. The van der Waals surface area contributed by atoms with Crippen LogP contribution in [0.3, 0.4) is 0 Å². The van der Waals surface area contributed by atoms with Gasteiger partial charge in [-0.3, -0.25) is 19.8 Å². The molecule has 1 aromatic heterocycles.